The lowest BCUT2D eigenvalue weighted by atomic mass is 9.78. The topological polar surface area (TPSA) is 88.8 Å². The molecule has 0 spiro atoms. The molecule has 0 fully saturated rings. The van der Waals surface area contributed by atoms with E-state index in [4.69, 9.17) is 11.6 Å². The Morgan fingerprint density at radius 1 is 1.18 bits per heavy atom. The molecule has 1 aliphatic rings. The lowest BCUT2D eigenvalue weighted by Gasteiger charge is -2.38. The van der Waals surface area contributed by atoms with Gasteiger partial charge >= 0.3 is 0 Å². The van der Waals surface area contributed by atoms with Gasteiger partial charge < -0.3 is 10.2 Å². The molecule has 4 heterocycles. The molecule has 0 saturated heterocycles. The van der Waals surface area contributed by atoms with Gasteiger partial charge in [-0.1, -0.05) is 31.5 Å². The first kappa shape index (κ1) is 21.5. The molecule has 5 rings (SSSR count). The Bertz CT molecular complexity index is 1450. The van der Waals surface area contributed by atoms with Crippen molar-refractivity contribution in [2.45, 2.75) is 32.7 Å². The van der Waals surface area contributed by atoms with Crippen LogP contribution in [0.25, 0.3) is 16.7 Å². The van der Waals surface area contributed by atoms with Crippen LogP contribution in [0.2, 0.25) is 5.02 Å². The molecule has 0 amide bonds. The summed E-state index contributed by atoms with van der Waals surface area (Å²) in [4.78, 5) is 28.5. The van der Waals surface area contributed by atoms with Crippen LogP contribution >= 0.6 is 11.6 Å². The minimum absolute atomic E-state index is 0.0967. The summed E-state index contributed by atoms with van der Waals surface area (Å²) in [5, 5.41) is 8.37. The third-order valence-electron chi connectivity index (χ3n) is 5.94. The Balaban J connectivity index is 1.52. The normalized spacial score (nSPS) is 15.4. The lowest BCUT2D eigenvalue weighted by molar-refractivity contribution is 0.236. The maximum absolute atomic E-state index is 13.1. The van der Waals surface area contributed by atoms with Crippen LogP contribution in [-0.4, -0.2) is 43.2 Å². The van der Waals surface area contributed by atoms with Crippen molar-refractivity contribution >= 4 is 34.1 Å². The highest BCUT2D eigenvalue weighted by Crippen LogP contribution is 2.34. The van der Waals surface area contributed by atoms with Crippen molar-refractivity contribution in [3.8, 4) is 5.82 Å². The number of rotatable bonds is 3. The van der Waals surface area contributed by atoms with Crippen molar-refractivity contribution in [3.05, 3.63) is 74.9 Å². The van der Waals surface area contributed by atoms with Gasteiger partial charge in [0.05, 0.1) is 16.1 Å². The van der Waals surface area contributed by atoms with Crippen LogP contribution < -0.4 is 10.9 Å². The molecule has 1 aliphatic heterocycles. The molecule has 8 nitrogen and oxygen atoms in total. The van der Waals surface area contributed by atoms with E-state index in [9.17, 15) is 4.79 Å². The number of fused-ring (bicyclic) bond motifs is 2. The van der Waals surface area contributed by atoms with Gasteiger partial charge in [-0.2, -0.15) is 9.78 Å². The Hall–Kier alpha value is -3.36. The van der Waals surface area contributed by atoms with Crippen LogP contribution in [0.4, 0.5) is 11.6 Å². The van der Waals surface area contributed by atoms with E-state index < -0.39 is 0 Å². The van der Waals surface area contributed by atoms with Gasteiger partial charge in [0.2, 0.25) is 5.95 Å². The van der Waals surface area contributed by atoms with Crippen molar-refractivity contribution in [1.82, 2.24) is 29.6 Å². The number of aryl methyl sites for hydroxylation is 1. The van der Waals surface area contributed by atoms with Crippen LogP contribution in [0.5, 0.6) is 0 Å². The Morgan fingerprint density at radius 2 is 2.00 bits per heavy atom. The van der Waals surface area contributed by atoms with Gasteiger partial charge in [0.25, 0.3) is 5.56 Å². The van der Waals surface area contributed by atoms with Crippen molar-refractivity contribution in [1.29, 1.82) is 0 Å². The average molecular weight is 462 g/mol. The molecule has 0 radical (unpaired) electrons. The third kappa shape index (κ3) is 3.85. The Kier molecular flexibility index (Phi) is 5.14. The van der Waals surface area contributed by atoms with Crippen LogP contribution in [-0.2, 0) is 12.0 Å². The van der Waals surface area contributed by atoms with Crippen molar-refractivity contribution in [2.24, 2.45) is 0 Å². The first-order valence-corrected chi connectivity index (χ1v) is 11.1. The number of hydrogen-bond donors (Lipinski definition) is 1. The highest BCUT2D eigenvalue weighted by molar-refractivity contribution is 6.32. The predicted octanol–water partition coefficient (Wildman–Crippen LogP) is 4.00. The smallest absolute Gasteiger partial charge is 0.284 e. The summed E-state index contributed by atoms with van der Waals surface area (Å²) in [7, 11) is 2.14. The number of hydrogen-bond acceptors (Lipinski definition) is 7. The summed E-state index contributed by atoms with van der Waals surface area (Å²) < 4.78 is 1.19. The average Bonchev–Trinajstić information content (AvgIpc) is 2.76. The molecule has 3 aromatic heterocycles. The van der Waals surface area contributed by atoms with Crippen LogP contribution in [0.3, 0.4) is 0 Å². The zero-order valence-corrected chi connectivity index (χ0v) is 19.7. The zero-order valence-electron chi connectivity index (χ0n) is 18.9. The molecule has 9 heteroatoms. The molecule has 33 heavy (non-hydrogen) atoms. The largest absolute Gasteiger partial charge is 0.324 e. The van der Waals surface area contributed by atoms with Gasteiger partial charge in [-0.3, -0.25) is 4.79 Å². The maximum atomic E-state index is 13.1. The minimum atomic E-state index is -0.373. The number of anilines is 2. The Labute approximate surface area is 196 Å². The molecular formula is C24H24ClN7O. The fourth-order valence-corrected chi connectivity index (χ4v) is 4.81. The molecule has 0 aliphatic carbocycles. The highest BCUT2D eigenvalue weighted by atomic mass is 35.5. The summed E-state index contributed by atoms with van der Waals surface area (Å²) in [5.41, 5.74) is 4.33. The van der Waals surface area contributed by atoms with E-state index in [-0.39, 0.29) is 16.8 Å². The number of nitrogens with zero attached hydrogens (tertiary/aromatic N) is 6. The number of benzene rings is 1. The number of halogens is 1. The van der Waals surface area contributed by atoms with E-state index in [0.717, 1.165) is 18.8 Å². The van der Waals surface area contributed by atoms with E-state index in [0.29, 0.717) is 27.6 Å². The predicted molar refractivity (Wildman–Crippen MR) is 130 cm³/mol. The van der Waals surface area contributed by atoms with E-state index in [2.05, 4.69) is 63.3 Å². The number of pyridine rings is 1. The summed E-state index contributed by atoms with van der Waals surface area (Å²) in [6, 6.07) is 9.73. The lowest BCUT2D eigenvalue weighted by Crippen LogP contribution is -2.39. The number of aromatic nitrogens is 5. The quantitative estimate of drug-likeness (QED) is 0.493. The van der Waals surface area contributed by atoms with Gasteiger partial charge in [0, 0.05) is 36.6 Å². The second-order valence-corrected chi connectivity index (χ2v) is 9.53. The van der Waals surface area contributed by atoms with E-state index in [1.165, 1.54) is 22.0 Å². The molecule has 1 aromatic carbocycles. The van der Waals surface area contributed by atoms with Gasteiger partial charge in [0.15, 0.2) is 5.82 Å². The molecule has 0 unspecified atom stereocenters. The molecule has 168 valence electrons. The van der Waals surface area contributed by atoms with Crippen molar-refractivity contribution in [3.63, 3.8) is 0 Å². The van der Waals surface area contributed by atoms with E-state index in [1.54, 1.807) is 25.3 Å². The summed E-state index contributed by atoms with van der Waals surface area (Å²) in [5.74, 6) is 0.683. The molecule has 0 atom stereocenters. The van der Waals surface area contributed by atoms with Gasteiger partial charge in [-0.25, -0.2) is 15.0 Å². The molecule has 0 bridgehead atoms. The van der Waals surface area contributed by atoms with Crippen molar-refractivity contribution in [2.75, 3.05) is 18.9 Å². The first-order chi connectivity index (χ1) is 15.7. The second kappa shape index (κ2) is 7.90. The second-order valence-electron chi connectivity index (χ2n) is 9.12. The summed E-state index contributed by atoms with van der Waals surface area (Å²) in [6.45, 7) is 8.24. The first-order valence-electron chi connectivity index (χ1n) is 10.7. The fourth-order valence-electron chi connectivity index (χ4n) is 4.61. The monoisotopic (exact) mass is 461 g/mol. The number of likely N-dealkylation sites (N-methyl/N-ethyl adjacent to an activating group) is 1. The zero-order chi connectivity index (χ0) is 23.3. The van der Waals surface area contributed by atoms with Crippen LogP contribution in [0.15, 0.2) is 47.5 Å². The van der Waals surface area contributed by atoms with Crippen LogP contribution in [0.1, 0.15) is 30.7 Å². The van der Waals surface area contributed by atoms with Gasteiger partial charge in [0.1, 0.15) is 5.52 Å². The summed E-state index contributed by atoms with van der Waals surface area (Å²) >= 11 is 6.22. The van der Waals surface area contributed by atoms with Gasteiger partial charge in [-0.05, 0) is 49.4 Å². The number of nitrogens with one attached hydrogen (secondary N) is 1. The SMILES string of the molecule is Cc1nn(-c2ncccc2Cl)c(=O)c2cnc(Nc3ccc4c(c3)CN(C)CC4(C)C)nc12. The van der Waals surface area contributed by atoms with Gasteiger partial charge in [-0.15, -0.1) is 0 Å². The third-order valence-corrected chi connectivity index (χ3v) is 6.23. The molecular weight excluding hydrogens is 438 g/mol. The minimum Gasteiger partial charge on any atom is -0.324 e. The molecule has 1 N–H and O–H groups in total. The van der Waals surface area contributed by atoms with Crippen molar-refractivity contribution < 1.29 is 0 Å². The standard InChI is InChI=1S/C24H24ClN7O/c1-14-20-17(22(33)32(30-14)21-19(25)6-5-9-26-21)11-27-23(29-20)28-16-7-8-18-15(10-16)12-31(4)13-24(18,2)3/h5-11H,12-13H2,1-4H3,(H,27,28,29). The van der Waals surface area contributed by atoms with E-state index >= 15 is 0 Å². The highest BCUT2D eigenvalue weighted by Gasteiger charge is 2.30. The fraction of sp³-hybridized carbons (Fsp3) is 0.292. The summed E-state index contributed by atoms with van der Waals surface area (Å²) in [6.07, 6.45) is 3.08. The Morgan fingerprint density at radius 3 is 2.79 bits per heavy atom. The van der Waals surface area contributed by atoms with Crippen LogP contribution in [0, 0.1) is 6.92 Å². The molecule has 0 saturated carbocycles. The van der Waals surface area contributed by atoms with E-state index in [1.807, 2.05) is 6.07 Å². The maximum Gasteiger partial charge on any atom is 0.284 e. The molecule has 4 aromatic rings.